The van der Waals surface area contributed by atoms with Crippen LogP contribution in [-0.2, 0) is 0 Å². The number of aliphatic hydroxyl groups excluding tert-OH is 1. The zero-order valence-electron chi connectivity index (χ0n) is 11.7. The summed E-state index contributed by atoms with van der Waals surface area (Å²) in [5.41, 5.74) is 0. The van der Waals surface area contributed by atoms with E-state index in [9.17, 15) is 5.11 Å². The van der Waals surface area contributed by atoms with Gasteiger partial charge in [0.25, 0.3) is 0 Å². The lowest BCUT2D eigenvalue weighted by Crippen LogP contribution is -2.51. The lowest BCUT2D eigenvalue weighted by Gasteiger charge is -2.41. The third-order valence-electron chi connectivity index (χ3n) is 4.22. The van der Waals surface area contributed by atoms with Crippen molar-refractivity contribution in [3.05, 3.63) is 0 Å². The van der Waals surface area contributed by atoms with Crippen LogP contribution in [0, 0.1) is 0 Å². The van der Waals surface area contributed by atoms with Gasteiger partial charge >= 0.3 is 0 Å². The summed E-state index contributed by atoms with van der Waals surface area (Å²) in [6, 6.07) is 0.750. The molecular formula is C14H28N2OS. The van der Waals surface area contributed by atoms with E-state index in [0.717, 1.165) is 18.3 Å². The standard InChI is InChI=1S/C14H28N2OS/c1-18-12-14(17)11-15-7-5-6-13(10-15)16-8-3-2-4-9-16/h13-14,17H,2-12H2,1H3/t13-,14-/m1/s1. The minimum absolute atomic E-state index is 0.153. The molecule has 0 unspecified atom stereocenters. The molecule has 2 aliphatic heterocycles. The predicted octanol–water partition coefficient (Wildman–Crippen LogP) is 1.66. The van der Waals surface area contributed by atoms with E-state index in [-0.39, 0.29) is 6.10 Å². The van der Waals surface area contributed by atoms with Gasteiger partial charge in [-0.3, -0.25) is 9.80 Å². The van der Waals surface area contributed by atoms with Gasteiger partial charge in [0.05, 0.1) is 6.10 Å². The number of rotatable bonds is 5. The van der Waals surface area contributed by atoms with Gasteiger partial charge in [0.2, 0.25) is 0 Å². The summed E-state index contributed by atoms with van der Waals surface area (Å²) in [6.45, 7) is 5.81. The first kappa shape index (κ1) is 14.6. The molecule has 106 valence electrons. The second-order valence-corrected chi connectivity index (χ2v) is 6.67. The molecule has 0 bridgehead atoms. The molecule has 2 aliphatic rings. The number of aliphatic hydroxyl groups is 1. The van der Waals surface area contributed by atoms with Crippen molar-refractivity contribution in [2.24, 2.45) is 0 Å². The molecule has 2 heterocycles. The Hall–Kier alpha value is 0.230. The van der Waals surface area contributed by atoms with E-state index in [1.807, 2.05) is 0 Å². The molecule has 0 saturated carbocycles. The Morgan fingerprint density at radius 3 is 2.67 bits per heavy atom. The van der Waals surface area contributed by atoms with Gasteiger partial charge in [-0.15, -0.1) is 0 Å². The molecule has 4 heteroatoms. The average Bonchev–Trinajstić information content (AvgIpc) is 2.40. The Balaban J connectivity index is 1.76. The maximum absolute atomic E-state index is 9.92. The minimum Gasteiger partial charge on any atom is -0.391 e. The van der Waals surface area contributed by atoms with Crippen molar-refractivity contribution in [2.45, 2.75) is 44.2 Å². The highest BCUT2D eigenvalue weighted by molar-refractivity contribution is 7.98. The summed E-state index contributed by atoms with van der Waals surface area (Å²) in [4.78, 5) is 5.17. The van der Waals surface area contributed by atoms with E-state index in [0.29, 0.717) is 0 Å². The van der Waals surface area contributed by atoms with Gasteiger partial charge in [-0.1, -0.05) is 6.42 Å². The molecule has 2 saturated heterocycles. The molecule has 2 atom stereocenters. The van der Waals surface area contributed by atoms with Crippen LogP contribution in [0.1, 0.15) is 32.1 Å². The summed E-state index contributed by atoms with van der Waals surface area (Å²) >= 11 is 1.74. The number of thioether (sulfide) groups is 1. The molecule has 18 heavy (non-hydrogen) atoms. The quantitative estimate of drug-likeness (QED) is 0.823. The molecule has 1 N–H and O–H groups in total. The Kier molecular flexibility index (Phi) is 6.29. The second-order valence-electron chi connectivity index (χ2n) is 5.76. The fourth-order valence-corrected chi connectivity index (χ4v) is 3.81. The molecule has 0 spiro atoms. The van der Waals surface area contributed by atoms with E-state index in [1.165, 1.54) is 58.3 Å². The fraction of sp³-hybridized carbons (Fsp3) is 1.00. The summed E-state index contributed by atoms with van der Waals surface area (Å²) in [5.74, 6) is 0.866. The largest absolute Gasteiger partial charge is 0.391 e. The lowest BCUT2D eigenvalue weighted by molar-refractivity contribution is 0.0566. The van der Waals surface area contributed by atoms with Crippen LogP contribution in [-0.4, -0.2) is 71.8 Å². The maximum Gasteiger partial charge on any atom is 0.0757 e. The Morgan fingerprint density at radius 1 is 1.17 bits per heavy atom. The van der Waals surface area contributed by atoms with Crippen molar-refractivity contribution >= 4 is 11.8 Å². The highest BCUT2D eigenvalue weighted by Gasteiger charge is 2.26. The summed E-state index contributed by atoms with van der Waals surface area (Å²) in [5, 5.41) is 9.92. The molecule has 0 radical (unpaired) electrons. The SMILES string of the molecule is CSC[C@H](O)CN1CCC[C@@H](N2CCCCC2)C1. The fourth-order valence-electron chi connectivity index (χ4n) is 3.32. The topological polar surface area (TPSA) is 26.7 Å². The van der Waals surface area contributed by atoms with Crippen LogP contribution in [0.3, 0.4) is 0 Å². The van der Waals surface area contributed by atoms with E-state index >= 15 is 0 Å². The van der Waals surface area contributed by atoms with Gasteiger partial charge < -0.3 is 5.11 Å². The first-order valence-electron chi connectivity index (χ1n) is 7.43. The first-order chi connectivity index (χ1) is 8.79. The van der Waals surface area contributed by atoms with Crippen molar-refractivity contribution in [2.75, 3.05) is 44.7 Å². The predicted molar refractivity (Wildman–Crippen MR) is 79.3 cm³/mol. The van der Waals surface area contributed by atoms with Crippen LogP contribution in [0.2, 0.25) is 0 Å². The average molecular weight is 272 g/mol. The number of hydrogen-bond acceptors (Lipinski definition) is 4. The van der Waals surface area contributed by atoms with E-state index in [4.69, 9.17) is 0 Å². The van der Waals surface area contributed by atoms with Gasteiger partial charge in [0, 0.05) is 24.9 Å². The van der Waals surface area contributed by atoms with Crippen molar-refractivity contribution in [1.82, 2.24) is 9.80 Å². The van der Waals surface area contributed by atoms with Crippen LogP contribution < -0.4 is 0 Å². The van der Waals surface area contributed by atoms with Crippen LogP contribution in [0.4, 0.5) is 0 Å². The second kappa shape index (κ2) is 7.73. The van der Waals surface area contributed by atoms with Crippen molar-refractivity contribution < 1.29 is 5.11 Å². The summed E-state index contributed by atoms with van der Waals surface area (Å²) in [7, 11) is 0. The smallest absolute Gasteiger partial charge is 0.0757 e. The molecule has 2 rings (SSSR count). The molecule has 0 aromatic heterocycles. The molecule has 0 aromatic rings. The lowest BCUT2D eigenvalue weighted by atomic mass is 10.0. The third kappa shape index (κ3) is 4.41. The van der Waals surface area contributed by atoms with Crippen LogP contribution in [0.15, 0.2) is 0 Å². The molecular weight excluding hydrogens is 244 g/mol. The van der Waals surface area contributed by atoms with Crippen LogP contribution >= 0.6 is 11.8 Å². The van der Waals surface area contributed by atoms with Crippen LogP contribution in [0.5, 0.6) is 0 Å². The van der Waals surface area contributed by atoms with Crippen molar-refractivity contribution in [1.29, 1.82) is 0 Å². The zero-order valence-corrected chi connectivity index (χ0v) is 12.5. The van der Waals surface area contributed by atoms with E-state index in [1.54, 1.807) is 11.8 Å². The van der Waals surface area contributed by atoms with Gasteiger partial charge in [0.15, 0.2) is 0 Å². The highest BCUT2D eigenvalue weighted by Crippen LogP contribution is 2.20. The number of piperidine rings is 2. The van der Waals surface area contributed by atoms with Crippen LogP contribution in [0.25, 0.3) is 0 Å². The zero-order chi connectivity index (χ0) is 12.8. The van der Waals surface area contributed by atoms with Gasteiger partial charge in [-0.25, -0.2) is 0 Å². The molecule has 2 fully saturated rings. The van der Waals surface area contributed by atoms with E-state index in [2.05, 4.69) is 16.1 Å². The van der Waals surface area contributed by atoms with Gasteiger partial charge in [0.1, 0.15) is 0 Å². The molecule has 0 amide bonds. The highest BCUT2D eigenvalue weighted by atomic mass is 32.2. The van der Waals surface area contributed by atoms with Crippen molar-refractivity contribution in [3.63, 3.8) is 0 Å². The number of likely N-dealkylation sites (tertiary alicyclic amines) is 2. The number of hydrogen-bond donors (Lipinski definition) is 1. The van der Waals surface area contributed by atoms with E-state index < -0.39 is 0 Å². The van der Waals surface area contributed by atoms with Gasteiger partial charge in [-0.05, 0) is 51.6 Å². The molecule has 0 aliphatic carbocycles. The molecule has 3 nitrogen and oxygen atoms in total. The van der Waals surface area contributed by atoms with Gasteiger partial charge in [-0.2, -0.15) is 11.8 Å². The summed E-state index contributed by atoms with van der Waals surface area (Å²) in [6.07, 6.45) is 8.74. The normalized spacial score (nSPS) is 29.3. The Morgan fingerprint density at radius 2 is 1.94 bits per heavy atom. The van der Waals surface area contributed by atoms with Crippen molar-refractivity contribution in [3.8, 4) is 0 Å². The maximum atomic E-state index is 9.92. The summed E-state index contributed by atoms with van der Waals surface area (Å²) < 4.78 is 0. The Labute approximate surface area is 116 Å². The third-order valence-corrected chi connectivity index (χ3v) is 4.93. The molecule has 0 aromatic carbocycles. The Bertz CT molecular complexity index is 234. The minimum atomic E-state index is -0.153. The monoisotopic (exact) mass is 272 g/mol. The first-order valence-corrected chi connectivity index (χ1v) is 8.82. The number of β-amino-alcohol motifs (C(OH)–C–C–N with tert-alkyl or cyclic N) is 1. The number of nitrogens with zero attached hydrogens (tertiary/aromatic N) is 2.